The van der Waals surface area contributed by atoms with E-state index in [0.29, 0.717) is 45.9 Å². The number of amides is 1. The summed E-state index contributed by atoms with van der Waals surface area (Å²) in [4.78, 5) is 33.8. The first-order chi connectivity index (χ1) is 17.4. The van der Waals surface area contributed by atoms with Crippen LogP contribution in [0.1, 0.15) is 41.3 Å². The lowest BCUT2D eigenvalue weighted by Crippen LogP contribution is -2.48. The standard InChI is InChI=1S/C29H30N4O2S/c1-20(2)22-10-8-21(9-11-22)19-31-14-16-32(17-15-31)27(34)23-12-13-25-26(18-23)30-29(36)33(28(25)35)24-6-4-3-5-7-24/h3-13,18,20H,14-17,19H2,1-2H3,(H,30,36). The Morgan fingerprint density at radius 1 is 0.944 bits per heavy atom. The molecule has 2 heterocycles. The summed E-state index contributed by atoms with van der Waals surface area (Å²) in [5.74, 6) is 0.508. The van der Waals surface area contributed by atoms with Gasteiger partial charge in [-0.3, -0.25) is 19.1 Å². The normalized spacial score (nSPS) is 14.5. The highest BCUT2D eigenvalue weighted by Crippen LogP contribution is 2.18. The SMILES string of the molecule is CC(C)c1ccc(CN2CCN(C(=O)c3ccc4c(=O)n(-c5ccccc5)c(=S)[nH]c4c3)CC2)cc1. The molecule has 1 aliphatic heterocycles. The molecule has 3 aromatic carbocycles. The highest BCUT2D eigenvalue weighted by Gasteiger charge is 2.23. The molecule has 1 amide bonds. The van der Waals surface area contributed by atoms with Gasteiger partial charge in [-0.1, -0.05) is 56.3 Å². The van der Waals surface area contributed by atoms with E-state index in [9.17, 15) is 9.59 Å². The van der Waals surface area contributed by atoms with Gasteiger partial charge >= 0.3 is 0 Å². The van der Waals surface area contributed by atoms with E-state index in [-0.39, 0.29) is 11.5 Å². The molecule has 0 radical (unpaired) electrons. The van der Waals surface area contributed by atoms with Crippen molar-refractivity contribution in [2.75, 3.05) is 26.2 Å². The van der Waals surface area contributed by atoms with Crippen LogP contribution in [0.25, 0.3) is 16.6 Å². The number of para-hydroxylation sites is 1. The highest BCUT2D eigenvalue weighted by molar-refractivity contribution is 7.71. The van der Waals surface area contributed by atoms with E-state index in [1.807, 2.05) is 35.2 Å². The second-order valence-corrected chi connectivity index (χ2v) is 10.0. The average molecular weight is 499 g/mol. The Morgan fingerprint density at radius 3 is 2.31 bits per heavy atom. The largest absolute Gasteiger partial charge is 0.336 e. The topological polar surface area (TPSA) is 61.3 Å². The lowest BCUT2D eigenvalue weighted by Gasteiger charge is -2.35. The first-order valence-electron chi connectivity index (χ1n) is 12.4. The molecule has 0 aliphatic carbocycles. The van der Waals surface area contributed by atoms with Gasteiger partial charge in [0, 0.05) is 38.3 Å². The Balaban J connectivity index is 1.28. The van der Waals surface area contributed by atoms with Gasteiger partial charge in [0.25, 0.3) is 11.5 Å². The third-order valence-electron chi connectivity index (χ3n) is 6.87. The third kappa shape index (κ3) is 4.90. The second kappa shape index (κ2) is 10.2. The molecule has 1 aliphatic rings. The molecule has 1 aromatic heterocycles. The molecule has 0 atom stereocenters. The van der Waals surface area contributed by atoms with E-state index in [4.69, 9.17) is 12.2 Å². The van der Waals surface area contributed by atoms with Crippen molar-refractivity contribution in [1.82, 2.24) is 19.4 Å². The molecule has 0 saturated carbocycles. The van der Waals surface area contributed by atoms with Crippen molar-refractivity contribution < 1.29 is 4.79 Å². The number of rotatable bonds is 5. The predicted molar refractivity (Wildman–Crippen MR) is 146 cm³/mol. The van der Waals surface area contributed by atoms with Gasteiger partial charge in [0.2, 0.25) is 0 Å². The minimum atomic E-state index is -0.200. The number of H-pyrrole nitrogens is 1. The number of benzene rings is 3. The smallest absolute Gasteiger partial charge is 0.266 e. The van der Waals surface area contributed by atoms with Crippen LogP contribution in [-0.2, 0) is 6.54 Å². The lowest BCUT2D eigenvalue weighted by atomic mass is 10.0. The number of fused-ring (bicyclic) bond motifs is 1. The van der Waals surface area contributed by atoms with E-state index in [1.54, 1.807) is 18.2 Å². The van der Waals surface area contributed by atoms with Gasteiger partial charge in [0.05, 0.1) is 16.6 Å². The molecule has 0 spiro atoms. The lowest BCUT2D eigenvalue weighted by molar-refractivity contribution is 0.0628. The molecule has 184 valence electrons. The molecule has 5 rings (SSSR count). The summed E-state index contributed by atoms with van der Waals surface area (Å²) < 4.78 is 1.78. The summed E-state index contributed by atoms with van der Waals surface area (Å²) in [6, 6.07) is 23.3. The van der Waals surface area contributed by atoms with Gasteiger partial charge in [-0.25, -0.2) is 0 Å². The number of aromatic amines is 1. The first kappa shape index (κ1) is 24.2. The van der Waals surface area contributed by atoms with Crippen LogP contribution in [0.4, 0.5) is 0 Å². The Bertz CT molecular complexity index is 1500. The van der Waals surface area contributed by atoms with E-state index in [0.717, 1.165) is 19.6 Å². The minimum absolute atomic E-state index is 0.0237. The average Bonchev–Trinajstić information content (AvgIpc) is 2.89. The van der Waals surface area contributed by atoms with Crippen molar-refractivity contribution in [3.05, 3.63) is 105 Å². The predicted octanol–water partition coefficient (Wildman–Crippen LogP) is 5.13. The Hall–Kier alpha value is -3.55. The van der Waals surface area contributed by atoms with Crippen LogP contribution in [0.5, 0.6) is 0 Å². The molecule has 7 heteroatoms. The molecule has 6 nitrogen and oxygen atoms in total. The van der Waals surface area contributed by atoms with Gasteiger partial charge in [0.15, 0.2) is 4.77 Å². The van der Waals surface area contributed by atoms with Gasteiger partial charge in [0.1, 0.15) is 0 Å². The third-order valence-corrected chi connectivity index (χ3v) is 7.16. The first-order valence-corrected chi connectivity index (χ1v) is 12.8. The zero-order chi connectivity index (χ0) is 25.2. The molecule has 36 heavy (non-hydrogen) atoms. The zero-order valence-corrected chi connectivity index (χ0v) is 21.4. The van der Waals surface area contributed by atoms with Crippen molar-refractivity contribution in [2.24, 2.45) is 0 Å². The monoisotopic (exact) mass is 498 g/mol. The fraction of sp³-hybridized carbons (Fsp3) is 0.276. The number of nitrogens with one attached hydrogen (secondary N) is 1. The molecular formula is C29H30N4O2S. The summed E-state index contributed by atoms with van der Waals surface area (Å²) in [7, 11) is 0. The molecule has 0 bridgehead atoms. The summed E-state index contributed by atoms with van der Waals surface area (Å²) in [6.07, 6.45) is 0. The number of carbonyl (C=O) groups excluding carboxylic acids is 1. The molecule has 1 fully saturated rings. The number of hydrogen-bond acceptors (Lipinski definition) is 4. The Labute approximate surface area is 215 Å². The maximum atomic E-state index is 13.3. The maximum Gasteiger partial charge on any atom is 0.266 e. The summed E-state index contributed by atoms with van der Waals surface area (Å²) in [5.41, 5.74) is 4.29. The number of carbonyl (C=O) groups is 1. The summed E-state index contributed by atoms with van der Waals surface area (Å²) >= 11 is 5.48. The molecular weight excluding hydrogens is 468 g/mol. The van der Waals surface area contributed by atoms with Crippen molar-refractivity contribution >= 4 is 29.0 Å². The van der Waals surface area contributed by atoms with Crippen molar-refractivity contribution in [3.8, 4) is 5.69 Å². The van der Waals surface area contributed by atoms with Crippen LogP contribution < -0.4 is 5.56 Å². The molecule has 4 aromatic rings. The quantitative estimate of drug-likeness (QED) is 0.388. The van der Waals surface area contributed by atoms with Crippen LogP contribution in [0, 0.1) is 4.77 Å². The fourth-order valence-electron chi connectivity index (χ4n) is 4.72. The molecule has 1 saturated heterocycles. The highest BCUT2D eigenvalue weighted by atomic mass is 32.1. The fourth-order valence-corrected chi connectivity index (χ4v) is 5.02. The van der Waals surface area contributed by atoms with Gasteiger partial charge in [-0.2, -0.15) is 0 Å². The number of nitrogens with zero attached hydrogens (tertiary/aromatic N) is 3. The zero-order valence-electron chi connectivity index (χ0n) is 20.6. The van der Waals surface area contributed by atoms with E-state index < -0.39 is 0 Å². The van der Waals surface area contributed by atoms with E-state index >= 15 is 0 Å². The number of aromatic nitrogens is 2. The minimum Gasteiger partial charge on any atom is -0.336 e. The van der Waals surface area contributed by atoms with Crippen LogP contribution in [0.3, 0.4) is 0 Å². The van der Waals surface area contributed by atoms with E-state index in [2.05, 4.69) is 48.0 Å². The molecule has 0 unspecified atom stereocenters. The maximum absolute atomic E-state index is 13.3. The van der Waals surface area contributed by atoms with Gasteiger partial charge < -0.3 is 9.88 Å². The van der Waals surface area contributed by atoms with E-state index in [1.165, 1.54) is 15.7 Å². The van der Waals surface area contributed by atoms with Gasteiger partial charge in [-0.05, 0) is 59.6 Å². The Morgan fingerprint density at radius 2 is 1.64 bits per heavy atom. The number of hydrogen-bond donors (Lipinski definition) is 1. The van der Waals surface area contributed by atoms with Crippen LogP contribution in [-0.4, -0.2) is 51.4 Å². The summed E-state index contributed by atoms with van der Waals surface area (Å²) in [6.45, 7) is 8.30. The Kier molecular flexibility index (Phi) is 6.85. The number of piperazine rings is 1. The summed E-state index contributed by atoms with van der Waals surface area (Å²) in [5, 5.41) is 0.498. The van der Waals surface area contributed by atoms with Crippen LogP contribution >= 0.6 is 12.2 Å². The molecule has 1 N–H and O–H groups in total. The van der Waals surface area contributed by atoms with Gasteiger partial charge in [-0.15, -0.1) is 0 Å². The van der Waals surface area contributed by atoms with Crippen molar-refractivity contribution in [3.63, 3.8) is 0 Å². The van der Waals surface area contributed by atoms with Crippen molar-refractivity contribution in [2.45, 2.75) is 26.3 Å². The second-order valence-electron chi connectivity index (χ2n) is 9.63. The van der Waals surface area contributed by atoms with Crippen molar-refractivity contribution in [1.29, 1.82) is 0 Å². The van der Waals surface area contributed by atoms with Crippen LogP contribution in [0.15, 0.2) is 77.6 Å². The van der Waals surface area contributed by atoms with Crippen LogP contribution in [0.2, 0.25) is 0 Å².